The van der Waals surface area contributed by atoms with E-state index < -0.39 is 10.7 Å². The predicted octanol–water partition coefficient (Wildman–Crippen LogP) is 3.10. The van der Waals surface area contributed by atoms with E-state index in [-0.39, 0.29) is 5.69 Å². The third-order valence-electron chi connectivity index (χ3n) is 1.17. The lowest BCUT2D eigenvalue weighted by molar-refractivity contribution is -0.386. The molecule has 0 aliphatic heterocycles. The lowest BCUT2D eigenvalue weighted by atomic mass is 10.3. The number of rotatable bonds is 1. The van der Waals surface area contributed by atoms with Gasteiger partial charge in [0.15, 0.2) is 0 Å². The molecule has 0 radical (unpaired) electrons. The van der Waals surface area contributed by atoms with Gasteiger partial charge in [-0.15, -0.1) is 0 Å². The first-order valence-corrected chi connectivity index (χ1v) is 4.68. The highest BCUT2D eigenvalue weighted by atomic mass is 127. The zero-order valence-corrected chi connectivity index (χ0v) is 9.30. The zero-order chi connectivity index (χ0) is 9.30. The standard InChI is InChI=1S/C6H2BrFINO2/c7-4-1-3(8)2-5(6(4)9)10(11)12/h1-2H. The van der Waals surface area contributed by atoms with Crippen molar-refractivity contribution in [1.29, 1.82) is 0 Å². The fraction of sp³-hybridized carbons (Fsp3) is 0. The molecule has 6 heteroatoms. The van der Waals surface area contributed by atoms with Crippen molar-refractivity contribution in [3.8, 4) is 0 Å². The number of nitro groups is 1. The predicted molar refractivity (Wildman–Crippen MR) is 53.5 cm³/mol. The molecule has 0 heterocycles. The lowest BCUT2D eigenvalue weighted by Crippen LogP contribution is -1.93. The number of nitro benzene ring substituents is 1. The summed E-state index contributed by atoms with van der Waals surface area (Å²) in [5, 5.41) is 10.3. The van der Waals surface area contributed by atoms with E-state index >= 15 is 0 Å². The van der Waals surface area contributed by atoms with Gasteiger partial charge in [0.25, 0.3) is 5.69 Å². The van der Waals surface area contributed by atoms with Crippen LogP contribution in [0.5, 0.6) is 0 Å². The topological polar surface area (TPSA) is 43.1 Å². The fourth-order valence-electron chi connectivity index (χ4n) is 0.675. The molecule has 0 aliphatic carbocycles. The van der Waals surface area contributed by atoms with Gasteiger partial charge in [-0.3, -0.25) is 10.1 Å². The molecule has 1 aromatic carbocycles. The maximum atomic E-state index is 12.6. The van der Waals surface area contributed by atoms with Gasteiger partial charge in [-0.1, -0.05) is 0 Å². The van der Waals surface area contributed by atoms with Crippen molar-refractivity contribution in [1.82, 2.24) is 0 Å². The molecule has 0 spiro atoms. The normalized spacial score (nSPS) is 9.92. The molecule has 0 aromatic heterocycles. The molecule has 0 bridgehead atoms. The number of hydrogen-bond donors (Lipinski definition) is 0. The van der Waals surface area contributed by atoms with E-state index in [0.29, 0.717) is 8.04 Å². The van der Waals surface area contributed by atoms with Gasteiger partial charge >= 0.3 is 0 Å². The quantitative estimate of drug-likeness (QED) is 0.340. The Morgan fingerprint density at radius 2 is 2.17 bits per heavy atom. The highest BCUT2D eigenvalue weighted by molar-refractivity contribution is 14.1. The molecule has 12 heavy (non-hydrogen) atoms. The minimum Gasteiger partial charge on any atom is -0.258 e. The Morgan fingerprint density at radius 3 is 2.67 bits per heavy atom. The maximum absolute atomic E-state index is 12.6. The summed E-state index contributed by atoms with van der Waals surface area (Å²) in [5.74, 6) is -0.617. The second kappa shape index (κ2) is 3.65. The van der Waals surface area contributed by atoms with Crippen molar-refractivity contribution < 1.29 is 9.31 Å². The van der Waals surface area contributed by atoms with Gasteiger partial charge in [-0.25, -0.2) is 4.39 Å². The molecule has 1 aromatic rings. The molecule has 0 saturated carbocycles. The first kappa shape index (κ1) is 9.85. The zero-order valence-electron chi connectivity index (χ0n) is 5.55. The van der Waals surface area contributed by atoms with E-state index in [1.54, 1.807) is 22.6 Å². The molecule has 64 valence electrons. The Kier molecular flexibility index (Phi) is 2.99. The second-order valence-corrected chi connectivity index (χ2v) is 3.91. The summed E-state index contributed by atoms with van der Waals surface area (Å²) < 4.78 is 13.4. The van der Waals surface area contributed by atoms with Crippen LogP contribution in [0, 0.1) is 19.5 Å². The summed E-state index contributed by atoms with van der Waals surface area (Å²) in [6.45, 7) is 0. The van der Waals surface area contributed by atoms with Crippen LogP contribution in [-0.4, -0.2) is 4.92 Å². The smallest absolute Gasteiger partial charge is 0.258 e. The van der Waals surface area contributed by atoms with Crippen LogP contribution < -0.4 is 0 Å². The van der Waals surface area contributed by atoms with Crippen molar-refractivity contribution in [2.45, 2.75) is 0 Å². The van der Waals surface area contributed by atoms with Gasteiger partial charge in [0.1, 0.15) is 9.39 Å². The number of hydrogen-bond acceptors (Lipinski definition) is 2. The number of nitrogens with zero attached hydrogens (tertiary/aromatic N) is 1. The largest absolute Gasteiger partial charge is 0.286 e. The van der Waals surface area contributed by atoms with E-state index in [0.717, 1.165) is 6.07 Å². The van der Waals surface area contributed by atoms with E-state index in [1.807, 2.05) is 0 Å². The van der Waals surface area contributed by atoms with Crippen molar-refractivity contribution in [2.75, 3.05) is 0 Å². The molecule has 0 amide bonds. The minimum absolute atomic E-state index is 0.220. The van der Waals surface area contributed by atoms with Crippen LogP contribution in [0.4, 0.5) is 10.1 Å². The second-order valence-electron chi connectivity index (χ2n) is 1.98. The molecule has 0 fully saturated rings. The van der Waals surface area contributed by atoms with Crippen LogP contribution >= 0.6 is 38.5 Å². The van der Waals surface area contributed by atoms with Crippen LogP contribution in [0.3, 0.4) is 0 Å². The van der Waals surface area contributed by atoms with E-state index in [4.69, 9.17) is 0 Å². The molecule has 1 rings (SSSR count). The Morgan fingerprint density at radius 1 is 1.58 bits per heavy atom. The van der Waals surface area contributed by atoms with Gasteiger partial charge in [0.05, 0.1) is 11.0 Å². The molecule has 0 unspecified atom stereocenters. The van der Waals surface area contributed by atoms with Gasteiger partial charge in [0.2, 0.25) is 0 Å². The third-order valence-corrected chi connectivity index (χ3v) is 3.67. The SMILES string of the molecule is O=[N+]([O-])c1cc(F)cc(Br)c1I. The van der Waals surface area contributed by atoms with Crippen molar-refractivity contribution >= 4 is 44.2 Å². The number of halogens is 3. The average molecular weight is 346 g/mol. The molecule has 3 nitrogen and oxygen atoms in total. The highest BCUT2D eigenvalue weighted by Gasteiger charge is 2.15. The van der Waals surface area contributed by atoms with E-state index in [9.17, 15) is 14.5 Å². The minimum atomic E-state index is -0.617. The maximum Gasteiger partial charge on any atom is 0.286 e. The van der Waals surface area contributed by atoms with E-state index in [2.05, 4.69) is 15.9 Å². The third kappa shape index (κ3) is 1.92. The van der Waals surface area contributed by atoms with Crippen molar-refractivity contribution in [3.05, 3.63) is 36.1 Å². The summed E-state index contributed by atoms with van der Waals surface area (Å²) >= 11 is 4.79. The summed E-state index contributed by atoms with van der Waals surface area (Å²) in [5.41, 5.74) is -0.220. The summed E-state index contributed by atoms with van der Waals surface area (Å²) in [6.07, 6.45) is 0. The van der Waals surface area contributed by atoms with Crippen LogP contribution in [0.1, 0.15) is 0 Å². The molecular weight excluding hydrogens is 344 g/mol. The van der Waals surface area contributed by atoms with Crippen LogP contribution in [0.25, 0.3) is 0 Å². The van der Waals surface area contributed by atoms with Gasteiger partial charge in [0, 0.05) is 4.47 Å². The highest BCUT2D eigenvalue weighted by Crippen LogP contribution is 2.29. The Balaban J connectivity index is 3.37. The van der Waals surface area contributed by atoms with Gasteiger partial charge < -0.3 is 0 Å². The summed E-state index contributed by atoms with van der Waals surface area (Å²) in [7, 11) is 0. The van der Waals surface area contributed by atoms with E-state index in [1.165, 1.54) is 6.07 Å². The number of benzene rings is 1. The van der Waals surface area contributed by atoms with Crippen LogP contribution in [0.15, 0.2) is 16.6 Å². The Hall–Kier alpha value is -0.240. The summed E-state index contributed by atoms with van der Waals surface area (Å²) in [4.78, 5) is 9.72. The molecular formula is C6H2BrFINO2. The molecule has 0 aliphatic rings. The molecule has 0 saturated heterocycles. The van der Waals surface area contributed by atoms with Gasteiger partial charge in [-0.2, -0.15) is 0 Å². The van der Waals surface area contributed by atoms with Crippen LogP contribution in [0.2, 0.25) is 0 Å². The van der Waals surface area contributed by atoms with Crippen molar-refractivity contribution in [2.24, 2.45) is 0 Å². The van der Waals surface area contributed by atoms with Crippen LogP contribution in [-0.2, 0) is 0 Å². The lowest BCUT2D eigenvalue weighted by Gasteiger charge is -1.97. The Bertz CT molecular complexity index is 345. The first-order valence-electron chi connectivity index (χ1n) is 2.81. The molecule has 0 atom stereocenters. The van der Waals surface area contributed by atoms with Gasteiger partial charge in [-0.05, 0) is 44.6 Å². The monoisotopic (exact) mass is 345 g/mol. The summed E-state index contributed by atoms with van der Waals surface area (Å²) in [6, 6.07) is 2.08. The Labute approximate surface area is 89.4 Å². The molecule has 0 N–H and O–H groups in total. The average Bonchev–Trinajstić information content (AvgIpc) is 1.96. The fourth-order valence-corrected chi connectivity index (χ4v) is 1.61. The van der Waals surface area contributed by atoms with Crippen molar-refractivity contribution in [3.63, 3.8) is 0 Å². The first-order chi connectivity index (χ1) is 5.52.